The molecule has 0 saturated carbocycles. The van der Waals surface area contributed by atoms with Crippen molar-refractivity contribution >= 4 is 15.9 Å². The average Bonchev–Trinajstić information content (AvgIpc) is 3.59. The maximum absolute atomic E-state index is 13.1. The van der Waals surface area contributed by atoms with Crippen LogP contribution in [0.15, 0.2) is 64.5 Å². The summed E-state index contributed by atoms with van der Waals surface area (Å²) in [6.07, 6.45) is -0.113. The first-order valence-corrected chi connectivity index (χ1v) is 14.8. The molecule has 3 heterocycles. The van der Waals surface area contributed by atoms with Gasteiger partial charge in [-0.2, -0.15) is 4.31 Å². The van der Waals surface area contributed by atoms with Crippen LogP contribution in [0.3, 0.4) is 0 Å². The Morgan fingerprint density at radius 2 is 1.70 bits per heavy atom. The molecule has 3 aromatic rings. The van der Waals surface area contributed by atoms with Crippen LogP contribution in [0.25, 0.3) is 11.3 Å². The number of nitrogens with one attached hydrogen (secondary N) is 1. The van der Waals surface area contributed by atoms with Crippen molar-refractivity contribution in [1.29, 1.82) is 0 Å². The predicted octanol–water partition coefficient (Wildman–Crippen LogP) is 3.99. The van der Waals surface area contributed by atoms with Crippen LogP contribution in [-0.2, 0) is 19.5 Å². The maximum Gasteiger partial charge on any atom is 0.243 e. The lowest BCUT2D eigenvalue weighted by atomic mass is 10.1. The van der Waals surface area contributed by atoms with Crippen molar-refractivity contribution in [2.45, 2.75) is 31.0 Å². The van der Waals surface area contributed by atoms with Gasteiger partial charge in [-0.25, -0.2) is 13.4 Å². The molecule has 0 radical (unpaired) electrons. The highest BCUT2D eigenvalue weighted by Gasteiger charge is 2.27. The lowest BCUT2D eigenvalue weighted by Crippen LogP contribution is -2.46. The number of methoxy groups -OCH3 is 1. The third-order valence-electron chi connectivity index (χ3n) is 6.81. The number of hydrogen-bond donors (Lipinski definition) is 1. The smallest absolute Gasteiger partial charge is 0.243 e. The fraction of sp³-hybridized carbons (Fsp3) is 0.414. The standard InChI is InChI=1S/C29H36N4O6S/c1-20-18-30-29(38-20)28-10-9-27(31-28)22-15-24(37-21(2)19-36-4)17-25(16-22)39-23-5-7-26(8-6-23)40(34,35)33-13-11-32(3)12-14-33/h5-10,15-17,20-21,31H,11-14,18-19H2,1-4H3/t20-,21-/m0/s1. The Balaban J connectivity index is 1.38. The van der Waals surface area contributed by atoms with Crippen LogP contribution in [0.4, 0.5) is 0 Å². The normalized spacial score (nSPS) is 19.2. The number of piperazine rings is 1. The van der Waals surface area contributed by atoms with E-state index >= 15 is 0 Å². The van der Waals surface area contributed by atoms with Gasteiger partial charge in [-0.05, 0) is 69.4 Å². The van der Waals surface area contributed by atoms with Gasteiger partial charge in [0.25, 0.3) is 0 Å². The zero-order valence-corrected chi connectivity index (χ0v) is 24.1. The van der Waals surface area contributed by atoms with Crippen LogP contribution in [0.5, 0.6) is 17.2 Å². The van der Waals surface area contributed by atoms with E-state index in [-0.39, 0.29) is 17.1 Å². The Morgan fingerprint density at radius 3 is 2.38 bits per heavy atom. The number of aromatic amines is 1. The molecule has 0 amide bonds. The van der Waals surface area contributed by atoms with Crippen LogP contribution in [0.2, 0.25) is 0 Å². The second kappa shape index (κ2) is 12.0. The van der Waals surface area contributed by atoms with E-state index in [0.29, 0.717) is 62.5 Å². The first kappa shape index (κ1) is 28.2. The molecule has 2 aromatic carbocycles. The topological polar surface area (TPSA) is 106 Å². The summed E-state index contributed by atoms with van der Waals surface area (Å²) in [5.41, 5.74) is 2.51. The molecule has 1 fully saturated rings. The van der Waals surface area contributed by atoms with Gasteiger partial charge in [0.05, 0.1) is 18.0 Å². The number of aliphatic imine (C=N–C) groups is 1. The Hall–Kier alpha value is -3.38. The first-order chi connectivity index (χ1) is 19.2. The fourth-order valence-electron chi connectivity index (χ4n) is 4.66. The van der Waals surface area contributed by atoms with Crippen LogP contribution in [-0.4, -0.2) is 94.2 Å². The number of ether oxygens (including phenoxy) is 4. The zero-order chi connectivity index (χ0) is 28.3. The summed E-state index contributed by atoms with van der Waals surface area (Å²) in [4.78, 5) is 10.2. The van der Waals surface area contributed by atoms with E-state index < -0.39 is 10.0 Å². The van der Waals surface area contributed by atoms with E-state index in [0.717, 1.165) is 17.0 Å². The monoisotopic (exact) mass is 568 g/mol. The van der Waals surface area contributed by atoms with Gasteiger partial charge in [0, 0.05) is 50.6 Å². The van der Waals surface area contributed by atoms with Gasteiger partial charge >= 0.3 is 0 Å². The van der Waals surface area contributed by atoms with Gasteiger partial charge in [-0.15, -0.1) is 0 Å². The van der Waals surface area contributed by atoms with Crippen LogP contribution in [0.1, 0.15) is 19.5 Å². The van der Waals surface area contributed by atoms with Gasteiger partial charge in [0.15, 0.2) is 0 Å². The number of aromatic nitrogens is 1. The summed E-state index contributed by atoms with van der Waals surface area (Å²) in [5.74, 6) is 2.28. The van der Waals surface area contributed by atoms with E-state index in [1.54, 1.807) is 37.4 Å². The van der Waals surface area contributed by atoms with Crippen molar-refractivity contribution in [3.63, 3.8) is 0 Å². The van der Waals surface area contributed by atoms with Crippen LogP contribution in [0, 0.1) is 0 Å². The Morgan fingerprint density at radius 1 is 1.00 bits per heavy atom. The second-order valence-corrected chi connectivity index (χ2v) is 12.2. The van der Waals surface area contributed by atoms with E-state index in [1.807, 2.05) is 45.2 Å². The molecule has 0 spiro atoms. The number of benzene rings is 2. The molecule has 214 valence electrons. The summed E-state index contributed by atoms with van der Waals surface area (Å²) < 4.78 is 51.0. The number of hydrogen-bond acceptors (Lipinski definition) is 8. The van der Waals surface area contributed by atoms with Gasteiger partial charge in [-0.3, -0.25) is 0 Å². The molecule has 0 unspecified atom stereocenters. The van der Waals surface area contributed by atoms with Gasteiger partial charge in [-0.1, -0.05) is 0 Å². The third kappa shape index (κ3) is 6.49. The quantitative estimate of drug-likeness (QED) is 0.394. The maximum atomic E-state index is 13.1. The third-order valence-corrected chi connectivity index (χ3v) is 8.72. The highest BCUT2D eigenvalue weighted by molar-refractivity contribution is 7.89. The molecule has 1 saturated heterocycles. The summed E-state index contributed by atoms with van der Waals surface area (Å²) in [7, 11) is 0.0697. The van der Waals surface area contributed by atoms with E-state index in [9.17, 15) is 8.42 Å². The number of nitrogens with zero attached hydrogens (tertiary/aromatic N) is 3. The highest BCUT2D eigenvalue weighted by atomic mass is 32.2. The molecule has 0 aliphatic carbocycles. The van der Waals surface area contributed by atoms with Crippen molar-refractivity contribution in [1.82, 2.24) is 14.2 Å². The van der Waals surface area contributed by atoms with Gasteiger partial charge in [0.1, 0.15) is 35.2 Å². The highest BCUT2D eigenvalue weighted by Crippen LogP contribution is 2.33. The summed E-state index contributed by atoms with van der Waals surface area (Å²) in [5, 5.41) is 0. The molecular weight excluding hydrogens is 532 g/mol. The summed E-state index contributed by atoms with van der Waals surface area (Å²) in [6, 6.07) is 16.1. The summed E-state index contributed by atoms with van der Waals surface area (Å²) >= 11 is 0. The number of likely N-dealkylation sites (N-methyl/N-ethyl adjacent to an activating group) is 1. The minimum absolute atomic E-state index is 0.0590. The lowest BCUT2D eigenvalue weighted by Gasteiger charge is -2.31. The molecule has 1 N–H and O–H groups in total. The van der Waals surface area contributed by atoms with Crippen molar-refractivity contribution in [3.8, 4) is 28.5 Å². The van der Waals surface area contributed by atoms with Crippen molar-refractivity contribution in [2.75, 3.05) is 53.5 Å². The molecule has 40 heavy (non-hydrogen) atoms. The van der Waals surface area contributed by atoms with E-state index in [1.165, 1.54) is 4.31 Å². The first-order valence-electron chi connectivity index (χ1n) is 13.4. The second-order valence-electron chi connectivity index (χ2n) is 10.2. The molecule has 5 rings (SSSR count). The molecule has 2 aliphatic rings. The zero-order valence-electron chi connectivity index (χ0n) is 23.3. The Kier molecular flexibility index (Phi) is 8.46. The molecule has 2 atom stereocenters. The van der Waals surface area contributed by atoms with Crippen LogP contribution >= 0.6 is 0 Å². The average molecular weight is 569 g/mol. The Labute approximate surface area is 235 Å². The van der Waals surface area contributed by atoms with Crippen molar-refractivity contribution in [3.05, 3.63) is 60.3 Å². The molecule has 10 nitrogen and oxygen atoms in total. The predicted molar refractivity (Wildman–Crippen MR) is 153 cm³/mol. The van der Waals surface area contributed by atoms with Gasteiger partial charge < -0.3 is 28.8 Å². The van der Waals surface area contributed by atoms with Crippen LogP contribution < -0.4 is 9.47 Å². The molecule has 11 heteroatoms. The summed E-state index contributed by atoms with van der Waals surface area (Å²) in [6.45, 7) is 7.38. The van der Waals surface area contributed by atoms with Crippen molar-refractivity contribution in [2.24, 2.45) is 4.99 Å². The number of sulfonamides is 1. The minimum atomic E-state index is -3.56. The van der Waals surface area contributed by atoms with Gasteiger partial charge in [0.2, 0.25) is 15.9 Å². The molecule has 0 bridgehead atoms. The largest absolute Gasteiger partial charge is 0.488 e. The minimum Gasteiger partial charge on any atom is -0.488 e. The number of rotatable bonds is 10. The Bertz CT molecular complexity index is 1450. The van der Waals surface area contributed by atoms with E-state index in [4.69, 9.17) is 18.9 Å². The van der Waals surface area contributed by atoms with E-state index in [2.05, 4.69) is 14.9 Å². The molecule has 2 aliphatic heterocycles. The lowest BCUT2D eigenvalue weighted by molar-refractivity contribution is 0.0920. The molecular formula is C29H36N4O6S. The number of H-pyrrole nitrogens is 1. The fourth-order valence-corrected chi connectivity index (χ4v) is 6.08. The molecule has 1 aromatic heterocycles. The SMILES string of the molecule is COC[C@H](C)Oc1cc(Oc2ccc(S(=O)(=O)N3CCN(C)CC3)cc2)cc(-c2ccc(C3=NC[C@H](C)O3)[nH]2)c1. The van der Waals surface area contributed by atoms with Crippen molar-refractivity contribution < 1.29 is 27.4 Å².